The van der Waals surface area contributed by atoms with Crippen molar-refractivity contribution in [3.8, 4) is 6.07 Å². The largest absolute Gasteiger partial charge is 0.368 e. The molecule has 0 rings (SSSR count). The van der Waals surface area contributed by atoms with Crippen molar-refractivity contribution in [2.75, 3.05) is 6.54 Å². The van der Waals surface area contributed by atoms with E-state index in [1.54, 1.807) is 6.07 Å². The smallest absolute Gasteiger partial charge is 0.310 e. The Balaban J connectivity index is 4.32. The van der Waals surface area contributed by atoms with Gasteiger partial charge in [0.15, 0.2) is 0 Å². The lowest BCUT2D eigenvalue weighted by atomic mass is 10.1. The molecule has 0 fully saturated rings. The van der Waals surface area contributed by atoms with Gasteiger partial charge in [0.1, 0.15) is 12.1 Å². The van der Waals surface area contributed by atoms with Crippen molar-refractivity contribution in [3.63, 3.8) is 0 Å². The first-order valence-corrected chi connectivity index (χ1v) is 4.08. The highest BCUT2D eigenvalue weighted by Crippen LogP contribution is 1.99. The van der Waals surface area contributed by atoms with E-state index in [0.29, 0.717) is 0 Å². The summed E-state index contributed by atoms with van der Waals surface area (Å²) in [6.07, 6.45) is 0. The third-order valence-corrected chi connectivity index (χ3v) is 1.58. The number of carbonyl (C=O) groups excluding carboxylic acids is 3. The molecule has 0 radical (unpaired) electrons. The number of nitrogens with two attached hydrogens (primary N) is 1. The van der Waals surface area contributed by atoms with Gasteiger partial charge in [0.25, 0.3) is 0 Å². The Morgan fingerprint density at radius 1 is 1.33 bits per heavy atom. The second-order valence-corrected chi connectivity index (χ2v) is 3.28. The zero-order valence-electron chi connectivity index (χ0n) is 8.46. The molecule has 0 bridgehead atoms. The van der Waals surface area contributed by atoms with Crippen molar-refractivity contribution >= 4 is 17.7 Å². The zero-order chi connectivity index (χ0) is 12.1. The van der Waals surface area contributed by atoms with E-state index in [0.717, 1.165) is 0 Å². The molecule has 15 heavy (non-hydrogen) atoms. The van der Waals surface area contributed by atoms with Crippen LogP contribution in [-0.4, -0.2) is 29.8 Å². The first kappa shape index (κ1) is 12.9. The van der Waals surface area contributed by atoms with E-state index in [-0.39, 0.29) is 6.54 Å². The predicted molar refractivity (Wildman–Crippen MR) is 50.0 cm³/mol. The van der Waals surface area contributed by atoms with E-state index in [9.17, 15) is 14.4 Å². The number of nitrogens with zero attached hydrogens (tertiary/aromatic N) is 1. The quantitative estimate of drug-likeness (QED) is 0.369. The van der Waals surface area contributed by atoms with Crippen LogP contribution in [0.15, 0.2) is 0 Å². The second kappa shape index (κ2) is 4.95. The molecule has 7 heteroatoms. The lowest BCUT2D eigenvalue weighted by Crippen LogP contribution is -2.56. The van der Waals surface area contributed by atoms with Gasteiger partial charge in [-0.2, -0.15) is 5.26 Å². The number of hydrogen-bond donors (Lipinski definition) is 3. The lowest BCUT2D eigenvalue weighted by molar-refractivity contribution is -0.141. The van der Waals surface area contributed by atoms with Crippen molar-refractivity contribution in [2.24, 2.45) is 5.73 Å². The maximum absolute atomic E-state index is 11.1. The van der Waals surface area contributed by atoms with E-state index in [4.69, 9.17) is 11.0 Å². The van der Waals surface area contributed by atoms with Gasteiger partial charge < -0.3 is 16.4 Å². The summed E-state index contributed by atoms with van der Waals surface area (Å²) in [5, 5.41) is 12.3. The van der Waals surface area contributed by atoms with Crippen LogP contribution in [0.1, 0.15) is 13.8 Å². The monoisotopic (exact) mass is 212 g/mol. The van der Waals surface area contributed by atoms with Crippen LogP contribution in [0.3, 0.4) is 0 Å². The average molecular weight is 212 g/mol. The minimum atomic E-state index is -1.30. The van der Waals surface area contributed by atoms with Gasteiger partial charge in [-0.05, 0) is 13.8 Å². The fraction of sp³-hybridized carbons (Fsp3) is 0.500. The number of nitriles is 1. The van der Waals surface area contributed by atoms with Crippen molar-refractivity contribution < 1.29 is 14.4 Å². The minimum absolute atomic E-state index is 0.275. The van der Waals surface area contributed by atoms with Crippen LogP contribution in [-0.2, 0) is 14.4 Å². The molecule has 0 saturated heterocycles. The van der Waals surface area contributed by atoms with Crippen molar-refractivity contribution in [3.05, 3.63) is 0 Å². The standard InChI is InChI=1S/C8H12N4O3/c1-8(2,7(10)15)12-6(14)5(13)11-4-3-9/h4H2,1-2H3,(H2,10,15)(H,11,13)(H,12,14). The molecule has 0 aromatic carbocycles. The van der Waals surface area contributed by atoms with Crippen molar-refractivity contribution in [1.82, 2.24) is 10.6 Å². The molecule has 4 N–H and O–H groups in total. The van der Waals surface area contributed by atoms with Gasteiger partial charge >= 0.3 is 11.8 Å². The highest BCUT2D eigenvalue weighted by atomic mass is 16.2. The van der Waals surface area contributed by atoms with Gasteiger partial charge in [-0.3, -0.25) is 14.4 Å². The molecular formula is C8H12N4O3. The molecule has 0 spiro atoms. The number of primary amides is 1. The van der Waals surface area contributed by atoms with Crippen LogP contribution in [0.25, 0.3) is 0 Å². The normalized spacial score (nSPS) is 9.93. The van der Waals surface area contributed by atoms with Crippen LogP contribution < -0.4 is 16.4 Å². The Morgan fingerprint density at radius 2 is 1.87 bits per heavy atom. The molecule has 0 atom stereocenters. The number of rotatable bonds is 3. The highest BCUT2D eigenvalue weighted by Gasteiger charge is 2.29. The number of amides is 3. The second-order valence-electron chi connectivity index (χ2n) is 3.28. The molecule has 82 valence electrons. The van der Waals surface area contributed by atoms with E-state index < -0.39 is 23.3 Å². The summed E-state index contributed by atoms with van der Waals surface area (Å²) in [5.41, 5.74) is 3.68. The topological polar surface area (TPSA) is 125 Å². The summed E-state index contributed by atoms with van der Waals surface area (Å²) in [4.78, 5) is 32.9. The maximum atomic E-state index is 11.1. The molecule has 0 aromatic rings. The van der Waals surface area contributed by atoms with Gasteiger partial charge in [-0.25, -0.2) is 0 Å². The van der Waals surface area contributed by atoms with Gasteiger partial charge in [0, 0.05) is 0 Å². The summed E-state index contributed by atoms with van der Waals surface area (Å²) in [6.45, 7) is 2.46. The summed E-state index contributed by atoms with van der Waals surface area (Å²) in [7, 11) is 0. The summed E-state index contributed by atoms with van der Waals surface area (Å²) in [5.74, 6) is -2.75. The van der Waals surface area contributed by atoms with Crippen LogP contribution in [0.4, 0.5) is 0 Å². The fourth-order valence-corrected chi connectivity index (χ4v) is 0.602. The highest BCUT2D eigenvalue weighted by molar-refractivity contribution is 6.35. The average Bonchev–Trinajstić information content (AvgIpc) is 2.13. The Kier molecular flexibility index (Phi) is 4.26. The van der Waals surface area contributed by atoms with Gasteiger partial charge in [-0.1, -0.05) is 0 Å². The third-order valence-electron chi connectivity index (χ3n) is 1.58. The maximum Gasteiger partial charge on any atom is 0.310 e. The molecule has 7 nitrogen and oxygen atoms in total. The van der Waals surface area contributed by atoms with Gasteiger partial charge in [0.2, 0.25) is 5.91 Å². The molecule has 3 amide bonds. The molecular weight excluding hydrogens is 200 g/mol. The van der Waals surface area contributed by atoms with Crippen molar-refractivity contribution in [1.29, 1.82) is 5.26 Å². The first-order valence-electron chi connectivity index (χ1n) is 4.08. The van der Waals surface area contributed by atoms with Gasteiger partial charge in [-0.15, -0.1) is 0 Å². The Bertz CT molecular complexity index is 329. The predicted octanol–water partition coefficient (Wildman–Crippen LogP) is -1.99. The summed E-state index contributed by atoms with van der Waals surface area (Å²) in [6, 6.07) is 1.64. The minimum Gasteiger partial charge on any atom is -0.368 e. The van der Waals surface area contributed by atoms with Gasteiger partial charge in [0.05, 0.1) is 6.07 Å². The van der Waals surface area contributed by atoms with E-state index in [1.165, 1.54) is 13.8 Å². The zero-order valence-corrected chi connectivity index (χ0v) is 8.46. The summed E-state index contributed by atoms with van der Waals surface area (Å²) >= 11 is 0. The lowest BCUT2D eigenvalue weighted by Gasteiger charge is -2.21. The molecule has 0 saturated carbocycles. The van der Waals surface area contributed by atoms with Crippen LogP contribution in [0, 0.1) is 11.3 Å². The number of nitrogens with one attached hydrogen (secondary N) is 2. The molecule has 0 heterocycles. The Hall–Kier alpha value is -2.10. The Labute approximate surface area is 86.6 Å². The Morgan fingerprint density at radius 3 is 2.27 bits per heavy atom. The van der Waals surface area contributed by atoms with E-state index >= 15 is 0 Å². The molecule has 0 aliphatic rings. The molecule has 0 aromatic heterocycles. The number of hydrogen-bond acceptors (Lipinski definition) is 4. The van der Waals surface area contributed by atoms with E-state index in [2.05, 4.69) is 5.32 Å². The molecule has 0 aliphatic carbocycles. The van der Waals surface area contributed by atoms with E-state index in [1.807, 2.05) is 5.32 Å². The summed E-state index contributed by atoms with van der Waals surface area (Å²) < 4.78 is 0. The molecule has 0 aliphatic heterocycles. The van der Waals surface area contributed by atoms with Crippen LogP contribution >= 0.6 is 0 Å². The van der Waals surface area contributed by atoms with Crippen LogP contribution in [0.5, 0.6) is 0 Å². The van der Waals surface area contributed by atoms with Crippen LogP contribution in [0.2, 0.25) is 0 Å². The molecule has 0 unspecified atom stereocenters. The first-order chi connectivity index (χ1) is 6.81. The fourth-order valence-electron chi connectivity index (χ4n) is 0.602. The number of carbonyl (C=O) groups is 3. The van der Waals surface area contributed by atoms with Crippen molar-refractivity contribution in [2.45, 2.75) is 19.4 Å². The SMILES string of the molecule is CC(C)(NC(=O)C(=O)NCC#N)C(N)=O. The third kappa shape index (κ3) is 4.08.